The third-order valence-corrected chi connectivity index (χ3v) is 3.35. The molecule has 0 saturated heterocycles. The predicted molar refractivity (Wildman–Crippen MR) is 92.9 cm³/mol. The first-order valence-electron chi connectivity index (χ1n) is 7.15. The van der Waals surface area contributed by atoms with E-state index < -0.39 is 0 Å². The Labute approximate surface area is 136 Å². The minimum atomic E-state index is 0. The number of hydrogen-bond donors (Lipinski definition) is 2. The zero-order valence-corrected chi connectivity index (χ0v) is 14.5. The van der Waals surface area contributed by atoms with Gasteiger partial charge in [-0.25, -0.2) is 4.98 Å². The van der Waals surface area contributed by atoms with Gasteiger partial charge in [0.1, 0.15) is 17.0 Å². The Morgan fingerprint density at radius 3 is 2.19 bits per heavy atom. The molecule has 0 unspecified atom stereocenters. The molecule has 4 nitrogen and oxygen atoms in total. The molecule has 0 bridgehead atoms. The highest BCUT2D eigenvalue weighted by atomic mass is 79.9. The standard InChI is InChI=1S/C16H22N2O2.BrH/c1-4-8-18(9-5-2)12-10-11(3)17-16-14(20)7-6-13(19)15(12)16;/h6-7,10,19-20H,4-5,8-9H2,1-3H3;1H. The fourth-order valence-electron chi connectivity index (χ4n) is 2.56. The van der Waals surface area contributed by atoms with Crippen LogP contribution in [0.2, 0.25) is 0 Å². The van der Waals surface area contributed by atoms with Crippen LogP contribution in [-0.2, 0) is 0 Å². The van der Waals surface area contributed by atoms with Crippen molar-refractivity contribution in [2.24, 2.45) is 0 Å². The lowest BCUT2D eigenvalue weighted by molar-refractivity contribution is 0.468. The van der Waals surface area contributed by atoms with Gasteiger partial charge in [-0.2, -0.15) is 0 Å². The lowest BCUT2D eigenvalue weighted by Crippen LogP contribution is -2.25. The lowest BCUT2D eigenvalue weighted by Gasteiger charge is -2.26. The van der Waals surface area contributed by atoms with Crippen molar-refractivity contribution in [2.45, 2.75) is 33.6 Å². The Morgan fingerprint density at radius 1 is 1.05 bits per heavy atom. The first-order valence-corrected chi connectivity index (χ1v) is 7.15. The summed E-state index contributed by atoms with van der Waals surface area (Å²) >= 11 is 0. The van der Waals surface area contributed by atoms with E-state index in [-0.39, 0.29) is 28.5 Å². The minimum absolute atomic E-state index is 0. The van der Waals surface area contributed by atoms with Crippen molar-refractivity contribution in [3.8, 4) is 11.5 Å². The molecule has 2 N–H and O–H groups in total. The number of fused-ring (bicyclic) bond motifs is 1. The van der Waals surface area contributed by atoms with Crippen LogP contribution in [0.25, 0.3) is 10.9 Å². The van der Waals surface area contributed by atoms with Crippen molar-refractivity contribution >= 4 is 33.6 Å². The van der Waals surface area contributed by atoms with Crippen molar-refractivity contribution in [2.75, 3.05) is 18.0 Å². The van der Waals surface area contributed by atoms with Gasteiger partial charge in [-0.05, 0) is 38.0 Å². The predicted octanol–water partition coefficient (Wildman–Crippen LogP) is 4.16. The van der Waals surface area contributed by atoms with Crippen LogP contribution in [-0.4, -0.2) is 28.3 Å². The van der Waals surface area contributed by atoms with Crippen molar-refractivity contribution < 1.29 is 10.2 Å². The van der Waals surface area contributed by atoms with Crippen molar-refractivity contribution in [1.82, 2.24) is 4.98 Å². The molecule has 1 heterocycles. The van der Waals surface area contributed by atoms with Crippen LogP contribution in [0, 0.1) is 6.92 Å². The fraction of sp³-hybridized carbons (Fsp3) is 0.438. The van der Waals surface area contributed by atoms with Crippen LogP contribution < -0.4 is 4.90 Å². The van der Waals surface area contributed by atoms with E-state index in [1.165, 1.54) is 12.1 Å². The largest absolute Gasteiger partial charge is 0.507 e. The molecule has 0 aliphatic carbocycles. The monoisotopic (exact) mass is 354 g/mol. The van der Waals surface area contributed by atoms with Gasteiger partial charge in [0.2, 0.25) is 0 Å². The highest BCUT2D eigenvalue weighted by Gasteiger charge is 2.16. The molecule has 0 fully saturated rings. The quantitative estimate of drug-likeness (QED) is 0.791. The van der Waals surface area contributed by atoms with E-state index >= 15 is 0 Å². The molecule has 0 atom stereocenters. The van der Waals surface area contributed by atoms with E-state index in [0.29, 0.717) is 10.9 Å². The fourth-order valence-corrected chi connectivity index (χ4v) is 2.56. The number of hydrogen-bond acceptors (Lipinski definition) is 4. The number of aryl methyl sites for hydroxylation is 1. The number of phenols is 2. The van der Waals surface area contributed by atoms with Gasteiger partial charge in [-0.3, -0.25) is 0 Å². The Kier molecular flexibility index (Phi) is 6.27. The summed E-state index contributed by atoms with van der Waals surface area (Å²) in [5, 5.41) is 20.8. The van der Waals surface area contributed by atoms with Crippen LogP contribution >= 0.6 is 17.0 Å². The SMILES string of the molecule is Br.CCCN(CCC)c1cc(C)nc2c(O)ccc(O)c12. The summed E-state index contributed by atoms with van der Waals surface area (Å²) in [4.78, 5) is 6.61. The maximum atomic E-state index is 10.2. The van der Waals surface area contributed by atoms with Crippen LogP contribution in [0.5, 0.6) is 11.5 Å². The summed E-state index contributed by atoms with van der Waals surface area (Å²) in [5.41, 5.74) is 2.26. The van der Waals surface area contributed by atoms with E-state index in [4.69, 9.17) is 0 Å². The molecule has 1 aromatic heterocycles. The summed E-state index contributed by atoms with van der Waals surface area (Å²) in [5.74, 6) is 0.271. The van der Waals surface area contributed by atoms with Crippen LogP contribution in [0.4, 0.5) is 5.69 Å². The Bertz CT molecular complexity index is 611. The topological polar surface area (TPSA) is 56.6 Å². The number of rotatable bonds is 5. The third kappa shape index (κ3) is 3.59. The molecule has 0 spiro atoms. The van der Waals surface area contributed by atoms with E-state index in [1.54, 1.807) is 0 Å². The van der Waals surface area contributed by atoms with Gasteiger partial charge in [0.05, 0.1) is 11.1 Å². The number of aromatic hydroxyl groups is 2. The maximum Gasteiger partial charge on any atom is 0.142 e. The van der Waals surface area contributed by atoms with Crippen molar-refractivity contribution in [3.63, 3.8) is 0 Å². The van der Waals surface area contributed by atoms with E-state index in [2.05, 4.69) is 23.7 Å². The molecule has 0 aliphatic rings. The molecule has 116 valence electrons. The van der Waals surface area contributed by atoms with Crippen LogP contribution in [0.3, 0.4) is 0 Å². The van der Waals surface area contributed by atoms with Gasteiger partial charge in [-0.1, -0.05) is 13.8 Å². The van der Waals surface area contributed by atoms with Gasteiger partial charge in [0.25, 0.3) is 0 Å². The third-order valence-electron chi connectivity index (χ3n) is 3.35. The van der Waals surface area contributed by atoms with Crippen molar-refractivity contribution in [1.29, 1.82) is 0 Å². The second-order valence-corrected chi connectivity index (χ2v) is 5.10. The van der Waals surface area contributed by atoms with Crippen molar-refractivity contribution in [3.05, 3.63) is 23.9 Å². The zero-order chi connectivity index (χ0) is 14.7. The number of pyridine rings is 1. The first kappa shape index (κ1) is 17.6. The normalized spacial score (nSPS) is 10.4. The summed E-state index contributed by atoms with van der Waals surface area (Å²) < 4.78 is 0. The molecular formula is C16H23BrN2O2. The van der Waals surface area contributed by atoms with Gasteiger partial charge < -0.3 is 15.1 Å². The summed E-state index contributed by atoms with van der Waals surface area (Å²) in [6.07, 6.45) is 2.06. The van der Waals surface area contributed by atoms with Crippen LogP contribution in [0.15, 0.2) is 18.2 Å². The second kappa shape index (κ2) is 7.50. The first-order chi connectivity index (χ1) is 9.58. The zero-order valence-electron chi connectivity index (χ0n) is 12.8. The number of anilines is 1. The van der Waals surface area contributed by atoms with E-state index in [9.17, 15) is 10.2 Å². The van der Waals surface area contributed by atoms with E-state index in [1.807, 2.05) is 13.0 Å². The van der Waals surface area contributed by atoms with Crippen LogP contribution in [0.1, 0.15) is 32.4 Å². The Balaban J connectivity index is 0.00000220. The average molecular weight is 355 g/mol. The summed E-state index contributed by atoms with van der Waals surface area (Å²) in [6.45, 7) is 8.01. The van der Waals surface area contributed by atoms with Gasteiger partial charge in [-0.15, -0.1) is 17.0 Å². The van der Waals surface area contributed by atoms with Gasteiger partial charge in [0, 0.05) is 18.8 Å². The summed E-state index contributed by atoms with van der Waals surface area (Å²) in [6, 6.07) is 4.99. The molecule has 0 saturated carbocycles. The minimum Gasteiger partial charge on any atom is -0.507 e. The number of aromatic nitrogens is 1. The highest BCUT2D eigenvalue weighted by Crippen LogP contribution is 2.38. The van der Waals surface area contributed by atoms with E-state index in [0.717, 1.165) is 37.3 Å². The Hall–Kier alpha value is -1.49. The summed E-state index contributed by atoms with van der Waals surface area (Å²) in [7, 11) is 0. The molecule has 0 amide bonds. The molecule has 2 rings (SSSR count). The Morgan fingerprint density at radius 2 is 1.62 bits per heavy atom. The van der Waals surface area contributed by atoms with Gasteiger partial charge >= 0.3 is 0 Å². The smallest absolute Gasteiger partial charge is 0.142 e. The molecular weight excluding hydrogens is 332 g/mol. The number of benzene rings is 1. The lowest BCUT2D eigenvalue weighted by atomic mass is 10.1. The molecule has 21 heavy (non-hydrogen) atoms. The molecule has 1 aromatic carbocycles. The molecule has 0 radical (unpaired) electrons. The average Bonchev–Trinajstić information content (AvgIpc) is 2.42. The highest BCUT2D eigenvalue weighted by molar-refractivity contribution is 8.93. The number of phenolic OH excluding ortho intramolecular Hbond substituents is 2. The van der Waals surface area contributed by atoms with Gasteiger partial charge in [0.15, 0.2) is 0 Å². The second-order valence-electron chi connectivity index (χ2n) is 5.10. The number of nitrogens with zero attached hydrogens (tertiary/aromatic N) is 2. The maximum absolute atomic E-state index is 10.2. The number of halogens is 1. The molecule has 2 aromatic rings. The molecule has 0 aliphatic heterocycles. The molecule has 5 heteroatoms.